The van der Waals surface area contributed by atoms with Gasteiger partial charge in [-0.2, -0.15) is 0 Å². The van der Waals surface area contributed by atoms with E-state index in [4.69, 9.17) is 0 Å². The van der Waals surface area contributed by atoms with Gasteiger partial charge in [0, 0.05) is 10.8 Å². The van der Waals surface area contributed by atoms with Crippen LogP contribution in [0.4, 0.5) is 0 Å². The molecule has 0 radical (unpaired) electrons. The van der Waals surface area contributed by atoms with E-state index in [9.17, 15) is 4.79 Å². The van der Waals surface area contributed by atoms with Crippen molar-refractivity contribution in [3.05, 3.63) is 0 Å². The van der Waals surface area contributed by atoms with Crippen LogP contribution in [0.1, 0.15) is 41.5 Å². The van der Waals surface area contributed by atoms with Gasteiger partial charge in [-0.15, -0.1) is 11.5 Å². The normalized spacial score (nSPS) is 14.5. The number of carbonyl (C=O) groups excluding carboxylic acids is 1. The van der Waals surface area contributed by atoms with Gasteiger partial charge >= 0.3 is 0 Å². The highest BCUT2D eigenvalue weighted by Crippen LogP contribution is 2.35. The molecule has 0 aliphatic carbocycles. The minimum atomic E-state index is -2.27. The van der Waals surface area contributed by atoms with Crippen molar-refractivity contribution in [3.8, 4) is 11.5 Å². The van der Waals surface area contributed by atoms with Crippen LogP contribution in [-0.4, -0.2) is 27.7 Å². The zero-order chi connectivity index (χ0) is 17.5. The molecule has 0 aromatic heterocycles. The van der Waals surface area contributed by atoms with Crippen LogP contribution in [0.15, 0.2) is 0 Å². The Balaban J connectivity index is 6.58. The second-order valence-corrected chi connectivity index (χ2v) is 36.5. The van der Waals surface area contributed by atoms with Crippen molar-refractivity contribution in [2.45, 2.75) is 80.8 Å². The van der Waals surface area contributed by atoms with Gasteiger partial charge in [0.25, 0.3) is 0 Å². The lowest BCUT2D eigenvalue weighted by atomic mass is 9.99. The van der Waals surface area contributed by atoms with Crippen LogP contribution < -0.4 is 0 Å². The molecule has 0 N–H and O–H groups in total. The summed E-state index contributed by atoms with van der Waals surface area (Å²) in [7, 11) is -5.60. The summed E-state index contributed by atoms with van der Waals surface area (Å²) in [6.07, 6.45) is 0. The zero-order valence-electron chi connectivity index (χ0n) is 16.4. The maximum Gasteiger partial charge on any atom is 0.193 e. The first-order valence-corrected chi connectivity index (χ1v) is 19.0. The Kier molecular flexibility index (Phi) is 5.79. The fourth-order valence-electron chi connectivity index (χ4n) is 3.08. The van der Waals surface area contributed by atoms with Crippen LogP contribution in [0.5, 0.6) is 0 Å². The van der Waals surface area contributed by atoms with Crippen molar-refractivity contribution in [2.75, 3.05) is 0 Å². The molecule has 0 rings (SSSR count). The van der Waals surface area contributed by atoms with Crippen LogP contribution in [0.3, 0.4) is 0 Å². The quantitative estimate of drug-likeness (QED) is 0.521. The van der Waals surface area contributed by atoms with Gasteiger partial charge in [-0.1, -0.05) is 60.1 Å². The molecule has 0 aromatic carbocycles. The van der Waals surface area contributed by atoms with Crippen LogP contribution in [-0.2, 0) is 4.79 Å². The maximum atomic E-state index is 13.5. The largest absolute Gasteiger partial charge is 0.304 e. The lowest BCUT2D eigenvalue weighted by Crippen LogP contribution is -2.77. The standard InChI is InChI=1S/C17H36OSi3/c1-16(2,3)13-14-21(19(7,8)9,20(10,11)12)15(18)17(4,5)6/h1-12H3. The molecule has 0 aliphatic rings. The summed E-state index contributed by atoms with van der Waals surface area (Å²) in [6, 6.07) is 0. The number of rotatable bonds is 3. The first-order valence-electron chi connectivity index (χ1n) is 7.95. The second-order valence-electron chi connectivity index (χ2n) is 10.3. The third kappa shape index (κ3) is 4.67. The molecule has 1 nitrogen and oxygen atoms in total. The van der Waals surface area contributed by atoms with Crippen molar-refractivity contribution in [3.63, 3.8) is 0 Å². The van der Waals surface area contributed by atoms with Gasteiger partial charge in [0.05, 0.1) is 15.2 Å². The van der Waals surface area contributed by atoms with E-state index in [1.807, 2.05) is 0 Å². The molecule has 0 aromatic rings. The van der Waals surface area contributed by atoms with E-state index in [1.165, 1.54) is 0 Å². The van der Waals surface area contributed by atoms with Crippen molar-refractivity contribution in [1.82, 2.24) is 0 Å². The molecule has 0 saturated carbocycles. The van der Waals surface area contributed by atoms with E-state index < -0.39 is 22.3 Å². The first-order chi connectivity index (χ1) is 8.86. The monoisotopic (exact) mass is 340 g/mol. The Morgan fingerprint density at radius 3 is 1.29 bits per heavy atom. The van der Waals surface area contributed by atoms with Gasteiger partial charge in [-0.05, 0) is 20.8 Å². The van der Waals surface area contributed by atoms with Gasteiger partial charge in [-0.3, -0.25) is 0 Å². The van der Waals surface area contributed by atoms with Gasteiger partial charge in [0.1, 0.15) is 5.41 Å². The maximum absolute atomic E-state index is 13.5. The highest BCUT2D eigenvalue weighted by Gasteiger charge is 2.61. The van der Waals surface area contributed by atoms with E-state index in [1.54, 1.807) is 0 Å². The summed E-state index contributed by atoms with van der Waals surface area (Å²) in [5.41, 5.74) is 3.41. The van der Waals surface area contributed by atoms with Crippen LogP contribution in [0.25, 0.3) is 0 Å². The molecule has 0 bridgehead atoms. The van der Waals surface area contributed by atoms with E-state index in [0.29, 0.717) is 5.41 Å². The Hall–Kier alpha value is -0.119. The summed E-state index contributed by atoms with van der Waals surface area (Å²) in [4.78, 5) is 13.5. The summed E-state index contributed by atoms with van der Waals surface area (Å²) in [6.45, 7) is 26.9. The molecule has 4 heteroatoms. The Morgan fingerprint density at radius 1 is 0.762 bits per heavy atom. The minimum Gasteiger partial charge on any atom is -0.304 e. The van der Waals surface area contributed by atoms with Crippen molar-refractivity contribution in [1.29, 1.82) is 0 Å². The molecule has 0 atom stereocenters. The fraction of sp³-hybridized carbons (Fsp3) is 0.824. The minimum absolute atomic E-state index is 0.0320. The summed E-state index contributed by atoms with van der Waals surface area (Å²) >= 11 is 0. The summed E-state index contributed by atoms with van der Waals surface area (Å²) in [5.74, 6) is 3.49. The average molecular weight is 341 g/mol. The fourth-order valence-corrected chi connectivity index (χ4v) is 45.2. The lowest BCUT2D eigenvalue weighted by molar-refractivity contribution is -0.118. The predicted molar refractivity (Wildman–Crippen MR) is 104 cm³/mol. The molecule has 0 aliphatic heterocycles. The lowest BCUT2D eigenvalue weighted by Gasteiger charge is -2.47. The zero-order valence-corrected chi connectivity index (χ0v) is 19.4. The van der Waals surface area contributed by atoms with E-state index in [2.05, 4.69) is 92.3 Å². The van der Waals surface area contributed by atoms with Gasteiger partial charge in [0.2, 0.25) is 0 Å². The van der Waals surface area contributed by atoms with E-state index >= 15 is 0 Å². The number of hydrogen-bond donors (Lipinski definition) is 0. The summed E-state index contributed by atoms with van der Waals surface area (Å²) < 4.78 is 0. The summed E-state index contributed by atoms with van der Waals surface area (Å²) in [5, 5.41) is 0.505. The number of carbonyl (C=O) groups is 1. The molecule has 0 amide bonds. The van der Waals surface area contributed by atoms with Crippen molar-refractivity contribution >= 4 is 27.7 Å². The van der Waals surface area contributed by atoms with E-state index in [-0.39, 0.29) is 10.8 Å². The Labute approximate surface area is 135 Å². The smallest absolute Gasteiger partial charge is 0.193 e. The highest BCUT2D eigenvalue weighted by molar-refractivity contribution is 7.80. The molecule has 0 unspecified atom stereocenters. The van der Waals surface area contributed by atoms with Crippen molar-refractivity contribution in [2.24, 2.45) is 10.8 Å². The Morgan fingerprint density at radius 2 is 1.10 bits per heavy atom. The van der Waals surface area contributed by atoms with E-state index in [0.717, 1.165) is 0 Å². The van der Waals surface area contributed by atoms with Crippen molar-refractivity contribution < 1.29 is 4.79 Å². The molecule has 0 heterocycles. The molecular formula is C17H36OSi3. The topological polar surface area (TPSA) is 17.1 Å². The highest BCUT2D eigenvalue weighted by atomic mass is 29.6. The molecule has 0 fully saturated rings. The third-order valence-electron chi connectivity index (χ3n) is 3.90. The van der Waals surface area contributed by atoms with Crippen LogP contribution >= 0.6 is 0 Å². The Bertz CT molecular complexity index is 440. The van der Waals surface area contributed by atoms with Crippen LogP contribution in [0, 0.1) is 22.3 Å². The van der Waals surface area contributed by atoms with Gasteiger partial charge in [0.15, 0.2) is 7.11 Å². The molecule has 21 heavy (non-hydrogen) atoms. The average Bonchev–Trinajstić information content (AvgIpc) is 2.09. The predicted octanol–water partition coefficient (Wildman–Crippen LogP) is 5.01. The third-order valence-corrected chi connectivity index (χ3v) is 39.4. The van der Waals surface area contributed by atoms with Gasteiger partial charge in [-0.25, -0.2) is 0 Å². The molecule has 0 saturated heterocycles. The van der Waals surface area contributed by atoms with Gasteiger partial charge < -0.3 is 4.79 Å². The molecular weight excluding hydrogens is 304 g/mol. The SMILES string of the molecule is CC(C)(C)C#C[Si](C(=O)C(C)(C)C)([Si](C)(C)C)[Si](C)(C)C. The molecule has 0 spiro atoms. The first kappa shape index (κ1) is 20.9. The van der Waals surface area contributed by atoms with Crippen LogP contribution in [0.2, 0.25) is 39.3 Å². The number of hydrogen-bond acceptors (Lipinski definition) is 1. The molecule has 122 valence electrons. The second kappa shape index (κ2) is 5.82.